The van der Waals surface area contributed by atoms with E-state index in [1.807, 2.05) is 12.1 Å². The molecule has 3 nitrogen and oxygen atoms in total. The monoisotopic (exact) mass is 643 g/mol. The molecular weight excluding hydrogens is 611 g/mol. The molecule has 1 aliphatic rings. The van der Waals surface area contributed by atoms with E-state index >= 15 is 0 Å². The Morgan fingerprint density at radius 3 is 1.37 bits per heavy atom. The second-order valence-electron chi connectivity index (χ2n) is 13.3. The molecule has 2 heterocycles. The summed E-state index contributed by atoms with van der Waals surface area (Å²) in [6.45, 7) is 4.92. The minimum Gasteiger partial charge on any atom is -0.208 e. The lowest BCUT2D eigenvalue weighted by atomic mass is 9.97. The van der Waals surface area contributed by atoms with Crippen molar-refractivity contribution in [2.75, 3.05) is 0 Å². The molecular formula is C45H33N3Si. The summed E-state index contributed by atoms with van der Waals surface area (Å²) < 4.78 is 0. The second-order valence-corrected chi connectivity index (χ2v) is 17.6. The van der Waals surface area contributed by atoms with Crippen molar-refractivity contribution < 1.29 is 0 Å². The van der Waals surface area contributed by atoms with Crippen LogP contribution in [0.15, 0.2) is 164 Å². The highest BCUT2D eigenvalue weighted by molar-refractivity contribution is 7.04. The summed E-state index contributed by atoms with van der Waals surface area (Å²) >= 11 is 0. The molecule has 0 N–H and O–H groups in total. The van der Waals surface area contributed by atoms with Gasteiger partial charge < -0.3 is 0 Å². The van der Waals surface area contributed by atoms with E-state index in [1.165, 1.54) is 43.4 Å². The molecule has 0 fully saturated rings. The average molecular weight is 644 g/mol. The van der Waals surface area contributed by atoms with Gasteiger partial charge in [0.05, 0.1) is 0 Å². The second kappa shape index (κ2) is 11.6. The topological polar surface area (TPSA) is 38.7 Å². The quantitative estimate of drug-likeness (QED) is 0.175. The predicted octanol–water partition coefficient (Wildman–Crippen LogP) is 10.2. The summed E-state index contributed by atoms with van der Waals surface area (Å²) in [7, 11) is -1.87. The van der Waals surface area contributed by atoms with Crippen molar-refractivity contribution in [3.05, 3.63) is 164 Å². The van der Waals surface area contributed by atoms with Crippen LogP contribution in [0.3, 0.4) is 0 Å². The first-order valence-corrected chi connectivity index (χ1v) is 19.8. The van der Waals surface area contributed by atoms with Crippen molar-refractivity contribution in [1.82, 2.24) is 15.0 Å². The maximum atomic E-state index is 5.14. The highest BCUT2D eigenvalue weighted by Gasteiger charge is 2.38. The van der Waals surface area contributed by atoms with Crippen LogP contribution >= 0.6 is 0 Å². The molecule has 1 aliphatic heterocycles. The van der Waals surface area contributed by atoms with Gasteiger partial charge in [-0.05, 0) is 60.6 Å². The summed E-state index contributed by atoms with van der Waals surface area (Å²) in [5.74, 6) is 2.00. The van der Waals surface area contributed by atoms with Gasteiger partial charge in [0.25, 0.3) is 0 Å². The smallest absolute Gasteiger partial charge is 0.164 e. The lowest BCUT2D eigenvalue weighted by Crippen LogP contribution is -2.49. The Bertz CT molecular complexity index is 2390. The number of nitrogens with zero attached hydrogens (tertiary/aromatic N) is 3. The van der Waals surface area contributed by atoms with Crippen LogP contribution in [-0.4, -0.2) is 23.0 Å². The van der Waals surface area contributed by atoms with Crippen molar-refractivity contribution >= 4 is 29.2 Å². The summed E-state index contributed by atoms with van der Waals surface area (Å²) in [6, 6.07) is 58.2. The number of hydrogen-bond donors (Lipinski definition) is 0. The Labute approximate surface area is 287 Å². The molecule has 7 aromatic carbocycles. The van der Waals surface area contributed by atoms with Crippen LogP contribution < -0.4 is 10.4 Å². The minimum absolute atomic E-state index is 0.660. The molecule has 0 atom stereocenters. The highest BCUT2D eigenvalue weighted by Crippen LogP contribution is 2.37. The summed E-state index contributed by atoms with van der Waals surface area (Å²) in [5, 5.41) is 5.54. The van der Waals surface area contributed by atoms with Crippen molar-refractivity contribution in [3.63, 3.8) is 0 Å². The average Bonchev–Trinajstić information content (AvgIpc) is 3.41. The van der Waals surface area contributed by atoms with Crippen LogP contribution in [0.2, 0.25) is 13.1 Å². The fraction of sp³-hybridized carbons (Fsp3) is 0.0444. The maximum Gasteiger partial charge on any atom is 0.164 e. The van der Waals surface area contributed by atoms with E-state index in [0.29, 0.717) is 17.5 Å². The Kier molecular flexibility index (Phi) is 6.92. The molecule has 0 radical (unpaired) electrons. The van der Waals surface area contributed by atoms with Gasteiger partial charge >= 0.3 is 0 Å². The number of hydrogen-bond acceptors (Lipinski definition) is 3. The van der Waals surface area contributed by atoms with Crippen LogP contribution in [0, 0.1) is 0 Å². The largest absolute Gasteiger partial charge is 0.208 e. The number of fused-ring (bicyclic) bond motifs is 5. The molecule has 232 valence electrons. The lowest BCUT2D eigenvalue weighted by molar-refractivity contribution is 1.07. The summed E-state index contributed by atoms with van der Waals surface area (Å²) in [5.41, 5.74) is 10.3. The number of aromatic nitrogens is 3. The van der Waals surface area contributed by atoms with Gasteiger partial charge in [-0.3, -0.25) is 0 Å². The zero-order valence-electron chi connectivity index (χ0n) is 27.4. The molecule has 9 rings (SSSR count). The molecule has 0 spiro atoms. The Morgan fingerprint density at radius 2 is 0.796 bits per heavy atom. The third kappa shape index (κ3) is 5.09. The molecule has 49 heavy (non-hydrogen) atoms. The fourth-order valence-corrected chi connectivity index (χ4v) is 10.4. The van der Waals surface area contributed by atoms with E-state index in [-0.39, 0.29) is 0 Å². The van der Waals surface area contributed by atoms with Gasteiger partial charge in [0.1, 0.15) is 8.07 Å². The Hall–Kier alpha value is -5.97. The Balaban J connectivity index is 1.19. The van der Waals surface area contributed by atoms with E-state index in [1.54, 1.807) is 0 Å². The molecule has 0 amide bonds. The van der Waals surface area contributed by atoms with Gasteiger partial charge in [0.15, 0.2) is 17.5 Å². The van der Waals surface area contributed by atoms with Gasteiger partial charge in [-0.15, -0.1) is 0 Å². The van der Waals surface area contributed by atoms with Crippen LogP contribution in [0.1, 0.15) is 0 Å². The zero-order valence-corrected chi connectivity index (χ0v) is 28.4. The molecule has 8 aromatic rings. The zero-order chi connectivity index (χ0) is 33.0. The normalized spacial score (nSPS) is 12.9. The van der Waals surface area contributed by atoms with Crippen LogP contribution in [-0.2, 0) is 0 Å². The molecule has 0 aliphatic carbocycles. The first kappa shape index (κ1) is 29.2. The standard InChI is InChI=1S/C45H33N3Si/c1-49(2)40-27-26-37(29-39(40)42-38-16-10-9-15-34(38)25-28-41(42)49)45-47-43(35-21-17-32(18-22-35)30-11-5-3-6-12-30)46-44(48-45)36-23-19-33(20-24-36)31-13-7-4-8-14-31/h3-29H,1-2H3. The first-order valence-electron chi connectivity index (χ1n) is 16.8. The van der Waals surface area contributed by atoms with Crippen molar-refractivity contribution in [3.8, 4) is 67.5 Å². The van der Waals surface area contributed by atoms with Crippen molar-refractivity contribution in [1.29, 1.82) is 0 Å². The van der Waals surface area contributed by atoms with E-state index < -0.39 is 8.07 Å². The number of rotatable bonds is 5. The molecule has 0 bridgehead atoms. The maximum absolute atomic E-state index is 5.14. The predicted molar refractivity (Wildman–Crippen MR) is 207 cm³/mol. The first-order chi connectivity index (χ1) is 24.0. The highest BCUT2D eigenvalue weighted by atomic mass is 28.3. The van der Waals surface area contributed by atoms with Gasteiger partial charge in [0.2, 0.25) is 0 Å². The van der Waals surface area contributed by atoms with Crippen LogP contribution in [0.25, 0.3) is 78.3 Å². The number of benzene rings is 7. The van der Waals surface area contributed by atoms with Gasteiger partial charge in [0, 0.05) is 16.7 Å². The van der Waals surface area contributed by atoms with Gasteiger partial charge in [-0.25, -0.2) is 15.0 Å². The fourth-order valence-electron chi connectivity index (χ4n) is 7.31. The molecule has 1 aromatic heterocycles. The van der Waals surface area contributed by atoms with E-state index in [9.17, 15) is 0 Å². The van der Waals surface area contributed by atoms with Gasteiger partial charge in [-0.1, -0.05) is 171 Å². The third-order valence-electron chi connectivity index (χ3n) is 9.96. The summed E-state index contributed by atoms with van der Waals surface area (Å²) in [6.07, 6.45) is 0. The summed E-state index contributed by atoms with van der Waals surface area (Å²) in [4.78, 5) is 15.3. The van der Waals surface area contributed by atoms with E-state index in [4.69, 9.17) is 15.0 Å². The van der Waals surface area contributed by atoms with Crippen molar-refractivity contribution in [2.45, 2.75) is 13.1 Å². The molecule has 0 unspecified atom stereocenters. The van der Waals surface area contributed by atoms with E-state index in [0.717, 1.165) is 27.8 Å². The third-order valence-corrected chi connectivity index (χ3v) is 13.5. The minimum atomic E-state index is -1.87. The molecule has 4 heteroatoms. The Morgan fingerprint density at radius 1 is 0.367 bits per heavy atom. The molecule has 0 saturated carbocycles. The van der Waals surface area contributed by atoms with E-state index in [2.05, 4.69) is 165 Å². The SMILES string of the molecule is C[Si]1(C)c2ccc(-c3nc(-c4ccc(-c5ccccc5)cc4)nc(-c4ccc(-c5ccccc5)cc4)n3)cc2-c2c1ccc1ccccc21. The lowest BCUT2D eigenvalue weighted by Gasteiger charge is -2.19. The van der Waals surface area contributed by atoms with Crippen LogP contribution in [0.4, 0.5) is 0 Å². The van der Waals surface area contributed by atoms with Crippen LogP contribution in [0.5, 0.6) is 0 Å². The van der Waals surface area contributed by atoms with Crippen molar-refractivity contribution in [2.24, 2.45) is 0 Å². The molecule has 0 saturated heterocycles. The van der Waals surface area contributed by atoms with Gasteiger partial charge in [-0.2, -0.15) is 0 Å².